The first-order valence-corrected chi connectivity index (χ1v) is 11.0. The molecule has 0 unspecified atom stereocenters. The van der Waals surface area contributed by atoms with Gasteiger partial charge in [-0.05, 0) is 37.0 Å². The highest BCUT2D eigenvalue weighted by atomic mass is 32.2. The van der Waals surface area contributed by atoms with E-state index in [1.807, 2.05) is 17.0 Å². The zero-order chi connectivity index (χ0) is 17.5. The lowest BCUT2D eigenvalue weighted by Crippen LogP contribution is -2.36. The molecule has 0 atom stereocenters. The van der Waals surface area contributed by atoms with Gasteiger partial charge in [-0.2, -0.15) is 0 Å². The van der Waals surface area contributed by atoms with E-state index in [4.69, 9.17) is 4.74 Å². The molecule has 5 nitrogen and oxygen atoms in total. The summed E-state index contributed by atoms with van der Waals surface area (Å²) in [7, 11) is 1.67. The molecule has 1 aliphatic rings. The summed E-state index contributed by atoms with van der Waals surface area (Å²) in [6.45, 7) is 1.80. The molecule has 0 radical (unpaired) electrons. The summed E-state index contributed by atoms with van der Waals surface area (Å²) in [5.41, 5.74) is 1.22. The minimum Gasteiger partial charge on any atom is -0.497 e. The molecule has 8 heteroatoms. The van der Waals surface area contributed by atoms with E-state index in [9.17, 15) is 4.79 Å². The summed E-state index contributed by atoms with van der Waals surface area (Å²) in [6.07, 6.45) is 3.49. The first-order valence-electron chi connectivity index (χ1n) is 8.24. The summed E-state index contributed by atoms with van der Waals surface area (Å²) in [4.78, 5) is 14.2. The zero-order valence-electron chi connectivity index (χ0n) is 14.1. The number of nitrogens with zero attached hydrogens (tertiary/aromatic N) is 3. The van der Waals surface area contributed by atoms with Crippen LogP contribution in [0.3, 0.4) is 0 Å². The van der Waals surface area contributed by atoms with Crippen LogP contribution in [0.15, 0.2) is 32.9 Å². The first-order chi connectivity index (χ1) is 12.2. The Balaban J connectivity index is 1.44. The molecule has 2 aromatic rings. The molecule has 25 heavy (non-hydrogen) atoms. The van der Waals surface area contributed by atoms with E-state index in [1.165, 1.54) is 23.7 Å². The van der Waals surface area contributed by atoms with Crippen LogP contribution in [0.25, 0.3) is 0 Å². The van der Waals surface area contributed by atoms with E-state index in [0.29, 0.717) is 5.75 Å². The summed E-state index contributed by atoms with van der Waals surface area (Å²) >= 11 is 4.72. The number of rotatable bonds is 7. The monoisotopic (exact) mass is 395 g/mol. The topological polar surface area (TPSA) is 55.3 Å². The molecule has 0 N–H and O–H groups in total. The number of aromatic nitrogens is 2. The number of carbonyl (C=O) groups excluding carboxylic acids is 1. The molecule has 2 heterocycles. The molecule has 1 aliphatic heterocycles. The molecule has 3 rings (SSSR count). The van der Waals surface area contributed by atoms with Crippen molar-refractivity contribution in [1.29, 1.82) is 0 Å². The second-order valence-electron chi connectivity index (χ2n) is 5.70. The normalized spacial score (nSPS) is 14.5. The van der Waals surface area contributed by atoms with Gasteiger partial charge in [-0.3, -0.25) is 4.79 Å². The number of benzene rings is 1. The lowest BCUT2D eigenvalue weighted by atomic mass is 10.1. The van der Waals surface area contributed by atoms with Crippen molar-refractivity contribution in [2.24, 2.45) is 0 Å². The number of hydrogen-bond acceptors (Lipinski definition) is 7. The van der Waals surface area contributed by atoms with Crippen LogP contribution in [0.4, 0.5) is 0 Å². The lowest BCUT2D eigenvalue weighted by Gasteiger charge is -2.26. The molecule has 1 aromatic heterocycles. The van der Waals surface area contributed by atoms with Crippen molar-refractivity contribution in [3.05, 3.63) is 29.8 Å². The molecule has 1 fully saturated rings. The van der Waals surface area contributed by atoms with E-state index >= 15 is 0 Å². The molecule has 0 saturated carbocycles. The van der Waals surface area contributed by atoms with Gasteiger partial charge in [-0.15, -0.1) is 10.2 Å². The number of thioether (sulfide) groups is 2. The molecule has 1 amide bonds. The molecule has 0 aliphatic carbocycles. The van der Waals surface area contributed by atoms with Crippen LogP contribution in [-0.2, 0) is 10.5 Å². The third kappa shape index (κ3) is 5.62. The minimum atomic E-state index is 0.215. The van der Waals surface area contributed by atoms with E-state index < -0.39 is 0 Å². The molecular formula is C17H21N3O2S3. The molecule has 0 bridgehead atoms. The van der Waals surface area contributed by atoms with Gasteiger partial charge in [-0.25, -0.2) is 0 Å². The van der Waals surface area contributed by atoms with Gasteiger partial charge in [0.2, 0.25) is 5.91 Å². The fourth-order valence-corrected chi connectivity index (χ4v) is 5.42. The molecule has 134 valence electrons. The second kappa shape index (κ2) is 9.45. The van der Waals surface area contributed by atoms with E-state index in [-0.39, 0.29) is 5.91 Å². The fraction of sp³-hybridized carbons (Fsp3) is 0.471. The van der Waals surface area contributed by atoms with Crippen LogP contribution in [0.1, 0.15) is 24.8 Å². The van der Waals surface area contributed by atoms with Gasteiger partial charge in [0.25, 0.3) is 0 Å². The van der Waals surface area contributed by atoms with Crippen molar-refractivity contribution in [3.8, 4) is 5.75 Å². The van der Waals surface area contributed by atoms with E-state index in [2.05, 4.69) is 22.3 Å². The average Bonchev–Trinajstić information content (AvgIpc) is 3.13. The minimum absolute atomic E-state index is 0.215. The summed E-state index contributed by atoms with van der Waals surface area (Å²) in [5, 5.41) is 8.41. The number of ether oxygens (including phenoxy) is 1. The maximum atomic E-state index is 12.2. The van der Waals surface area contributed by atoms with Crippen molar-refractivity contribution in [2.75, 3.05) is 26.0 Å². The fourth-order valence-electron chi connectivity index (χ4n) is 2.54. The maximum absolute atomic E-state index is 12.2. The summed E-state index contributed by atoms with van der Waals surface area (Å²) < 4.78 is 6.96. The second-order valence-corrected chi connectivity index (χ2v) is 9.12. The van der Waals surface area contributed by atoms with Crippen LogP contribution in [-0.4, -0.2) is 47.0 Å². The van der Waals surface area contributed by atoms with Gasteiger partial charge in [0.15, 0.2) is 8.68 Å². The average molecular weight is 396 g/mol. The first kappa shape index (κ1) is 18.5. The Kier molecular flexibility index (Phi) is 7.01. The Bertz CT molecular complexity index is 685. The molecular weight excluding hydrogens is 374 g/mol. The predicted octanol–water partition coefficient (Wildman–Crippen LogP) is 3.94. The van der Waals surface area contributed by atoms with E-state index in [0.717, 1.165) is 46.1 Å². The van der Waals surface area contributed by atoms with Crippen LogP contribution in [0, 0.1) is 0 Å². The van der Waals surface area contributed by atoms with Gasteiger partial charge in [0.05, 0.1) is 12.9 Å². The number of likely N-dealkylation sites (tertiary alicyclic amines) is 1. The van der Waals surface area contributed by atoms with Gasteiger partial charge >= 0.3 is 0 Å². The summed E-state index contributed by atoms with van der Waals surface area (Å²) in [5.74, 6) is 2.38. The van der Waals surface area contributed by atoms with Crippen LogP contribution >= 0.6 is 34.9 Å². The van der Waals surface area contributed by atoms with Crippen molar-refractivity contribution in [1.82, 2.24) is 15.1 Å². The van der Waals surface area contributed by atoms with Gasteiger partial charge in [0, 0.05) is 18.8 Å². The SMILES string of the molecule is COc1ccc(CSc2nnc(SCC(=O)N3CCCCC3)s2)cc1. The smallest absolute Gasteiger partial charge is 0.233 e. The Morgan fingerprint density at radius 2 is 1.80 bits per heavy atom. The third-order valence-electron chi connectivity index (χ3n) is 3.94. The Morgan fingerprint density at radius 3 is 2.48 bits per heavy atom. The molecule has 0 spiro atoms. The number of amides is 1. The summed E-state index contributed by atoms with van der Waals surface area (Å²) in [6, 6.07) is 8.03. The van der Waals surface area contributed by atoms with E-state index in [1.54, 1.807) is 30.2 Å². The van der Waals surface area contributed by atoms with Crippen LogP contribution in [0.5, 0.6) is 5.75 Å². The quantitative estimate of drug-likeness (QED) is 0.662. The number of hydrogen-bond donors (Lipinski definition) is 0. The highest BCUT2D eigenvalue weighted by Crippen LogP contribution is 2.31. The van der Waals surface area contributed by atoms with Crippen molar-refractivity contribution in [3.63, 3.8) is 0 Å². The molecule has 1 saturated heterocycles. The van der Waals surface area contributed by atoms with Crippen molar-refractivity contribution >= 4 is 40.8 Å². The van der Waals surface area contributed by atoms with Gasteiger partial charge in [-0.1, -0.05) is 47.0 Å². The number of methoxy groups -OCH3 is 1. The van der Waals surface area contributed by atoms with Crippen molar-refractivity contribution in [2.45, 2.75) is 33.7 Å². The Morgan fingerprint density at radius 1 is 1.12 bits per heavy atom. The predicted molar refractivity (Wildman–Crippen MR) is 104 cm³/mol. The largest absolute Gasteiger partial charge is 0.497 e. The van der Waals surface area contributed by atoms with Crippen molar-refractivity contribution < 1.29 is 9.53 Å². The van der Waals surface area contributed by atoms with Gasteiger partial charge in [0.1, 0.15) is 5.75 Å². The highest BCUT2D eigenvalue weighted by molar-refractivity contribution is 8.03. The third-order valence-corrected chi connectivity index (χ3v) is 7.18. The maximum Gasteiger partial charge on any atom is 0.233 e. The zero-order valence-corrected chi connectivity index (χ0v) is 16.6. The number of carbonyl (C=O) groups is 1. The Hall–Kier alpha value is -1.25. The van der Waals surface area contributed by atoms with Crippen LogP contribution in [0.2, 0.25) is 0 Å². The van der Waals surface area contributed by atoms with Crippen LogP contribution < -0.4 is 4.74 Å². The van der Waals surface area contributed by atoms with Gasteiger partial charge < -0.3 is 9.64 Å². The Labute approximate surface area is 160 Å². The number of piperidine rings is 1. The lowest BCUT2D eigenvalue weighted by molar-refractivity contribution is -0.129. The highest BCUT2D eigenvalue weighted by Gasteiger charge is 2.17. The molecule has 1 aromatic carbocycles. The standard InChI is InChI=1S/C17H21N3O2S3/c1-22-14-7-5-13(6-8-14)11-23-16-18-19-17(25-16)24-12-15(21)20-9-3-2-4-10-20/h5-8H,2-4,9-12H2,1H3.